The van der Waals surface area contributed by atoms with Crippen molar-refractivity contribution in [3.05, 3.63) is 85.1 Å². The molecule has 0 aromatic heterocycles. The Morgan fingerprint density at radius 2 is 0.672 bits per heavy atom. The van der Waals surface area contributed by atoms with E-state index in [1.807, 2.05) is 54.7 Å². The predicted octanol–water partition coefficient (Wildman–Crippen LogP) is 16.4. The van der Waals surface area contributed by atoms with Crippen LogP contribution in [0, 0.1) is 0 Å². The summed E-state index contributed by atoms with van der Waals surface area (Å²) in [5, 5.41) is 0. The van der Waals surface area contributed by atoms with Crippen molar-refractivity contribution in [1.82, 2.24) is 0 Å². The normalized spacial score (nSPS) is 12.8. The zero-order chi connectivity index (χ0) is 44.4. The Labute approximate surface area is 375 Å². The van der Waals surface area contributed by atoms with Crippen LogP contribution in [0.25, 0.3) is 0 Å². The molecule has 0 aliphatic rings. The molecule has 61 heavy (non-hydrogen) atoms. The third-order valence-electron chi connectivity index (χ3n) is 10.5. The molecular formula is C55H92O6. The van der Waals surface area contributed by atoms with E-state index in [0.29, 0.717) is 19.3 Å². The molecule has 0 aromatic rings. The van der Waals surface area contributed by atoms with E-state index >= 15 is 0 Å². The van der Waals surface area contributed by atoms with Gasteiger partial charge in [0, 0.05) is 19.3 Å². The zero-order valence-electron chi connectivity index (χ0n) is 39.7. The average Bonchev–Trinajstić information content (AvgIpc) is 3.26. The highest BCUT2D eigenvalue weighted by molar-refractivity contribution is 5.71. The lowest BCUT2D eigenvalue weighted by Gasteiger charge is -2.18. The van der Waals surface area contributed by atoms with Crippen LogP contribution >= 0.6 is 0 Å². The van der Waals surface area contributed by atoms with Gasteiger partial charge in [0.15, 0.2) is 6.10 Å². The van der Waals surface area contributed by atoms with E-state index in [4.69, 9.17) is 14.2 Å². The number of unbranched alkanes of at least 4 members (excludes halogenated alkanes) is 23. The van der Waals surface area contributed by atoms with Crippen molar-refractivity contribution in [1.29, 1.82) is 0 Å². The van der Waals surface area contributed by atoms with Gasteiger partial charge in [0.2, 0.25) is 0 Å². The van der Waals surface area contributed by atoms with E-state index in [1.165, 1.54) is 128 Å². The van der Waals surface area contributed by atoms with Crippen LogP contribution in [0.2, 0.25) is 0 Å². The van der Waals surface area contributed by atoms with Crippen LogP contribution in [-0.2, 0) is 28.6 Å². The molecule has 1 unspecified atom stereocenters. The minimum absolute atomic E-state index is 0.103. The quantitative estimate of drug-likeness (QED) is 0.0200. The van der Waals surface area contributed by atoms with Gasteiger partial charge in [-0.15, -0.1) is 0 Å². The Morgan fingerprint density at radius 3 is 1.10 bits per heavy atom. The molecule has 0 heterocycles. The number of hydrogen-bond acceptors (Lipinski definition) is 6. The van der Waals surface area contributed by atoms with Gasteiger partial charge in [-0.05, 0) is 83.5 Å². The lowest BCUT2D eigenvalue weighted by Crippen LogP contribution is -2.30. The highest BCUT2D eigenvalue weighted by atomic mass is 16.6. The highest BCUT2D eigenvalue weighted by Crippen LogP contribution is 2.14. The molecule has 1 atom stereocenters. The van der Waals surface area contributed by atoms with Gasteiger partial charge in [-0.2, -0.15) is 0 Å². The van der Waals surface area contributed by atoms with E-state index in [9.17, 15) is 14.4 Å². The SMILES string of the molecule is CC\C=C/C=C\C=C/C=C\C=C/CCCC(=O)OCC(COC(=O)CCCCCCCCC/C=C\CCCCCC)OC(=O)CCCCCCCCC/C=C\CCCCCC. The van der Waals surface area contributed by atoms with Gasteiger partial charge in [0.05, 0.1) is 0 Å². The second-order valence-electron chi connectivity index (χ2n) is 16.5. The molecule has 0 spiro atoms. The molecule has 348 valence electrons. The van der Waals surface area contributed by atoms with Gasteiger partial charge < -0.3 is 14.2 Å². The maximum Gasteiger partial charge on any atom is 0.306 e. The number of hydrogen-bond donors (Lipinski definition) is 0. The summed E-state index contributed by atoms with van der Waals surface area (Å²) in [5.74, 6) is -0.991. The summed E-state index contributed by atoms with van der Waals surface area (Å²) < 4.78 is 16.7. The molecule has 0 aromatic carbocycles. The topological polar surface area (TPSA) is 78.9 Å². The first-order valence-electron chi connectivity index (χ1n) is 25.2. The first kappa shape index (κ1) is 57.6. The Bertz CT molecular complexity index is 1200. The summed E-state index contributed by atoms with van der Waals surface area (Å²) in [6.45, 7) is 6.39. The number of allylic oxidation sites excluding steroid dienone is 14. The predicted molar refractivity (Wildman–Crippen MR) is 261 cm³/mol. The molecule has 0 N–H and O–H groups in total. The fourth-order valence-electron chi connectivity index (χ4n) is 6.70. The van der Waals surface area contributed by atoms with Crippen LogP contribution in [0.3, 0.4) is 0 Å². The monoisotopic (exact) mass is 849 g/mol. The van der Waals surface area contributed by atoms with E-state index in [2.05, 4.69) is 51.2 Å². The summed E-state index contributed by atoms with van der Waals surface area (Å²) >= 11 is 0. The van der Waals surface area contributed by atoms with E-state index < -0.39 is 6.10 Å². The first-order valence-corrected chi connectivity index (χ1v) is 25.2. The minimum Gasteiger partial charge on any atom is -0.462 e. The summed E-state index contributed by atoms with van der Waals surface area (Å²) in [5.41, 5.74) is 0. The maximum atomic E-state index is 12.8. The molecule has 6 heteroatoms. The number of ether oxygens (including phenoxy) is 3. The molecule has 0 bridgehead atoms. The largest absolute Gasteiger partial charge is 0.462 e. The van der Waals surface area contributed by atoms with Crippen molar-refractivity contribution in [2.75, 3.05) is 13.2 Å². The van der Waals surface area contributed by atoms with Crippen molar-refractivity contribution in [3.63, 3.8) is 0 Å². The number of esters is 3. The molecule has 0 aliphatic heterocycles. The van der Waals surface area contributed by atoms with Gasteiger partial charge in [0.1, 0.15) is 13.2 Å². The molecular weight excluding hydrogens is 757 g/mol. The molecule has 6 nitrogen and oxygen atoms in total. The van der Waals surface area contributed by atoms with Crippen molar-refractivity contribution in [2.24, 2.45) is 0 Å². The maximum absolute atomic E-state index is 12.8. The van der Waals surface area contributed by atoms with Crippen LogP contribution in [0.15, 0.2) is 85.1 Å². The Morgan fingerprint density at radius 1 is 0.344 bits per heavy atom. The summed E-state index contributed by atoms with van der Waals surface area (Å²) in [6.07, 6.45) is 62.8. The third-order valence-corrected chi connectivity index (χ3v) is 10.5. The van der Waals surface area contributed by atoms with Crippen molar-refractivity contribution < 1.29 is 28.6 Å². The minimum atomic E-state index is -0.808. The van der Waals surface area contributed by atoms with E-state index in [-0.39, 0.29) is 37.5 Å². The molecule has 0 amide bonds. The molecule has 0 rings (SSSR count). The Balaban J connectivity index is 4.49. The number of rotatable bonds is 44. The van der Waals surface area contributed by atoms with Crippen molar-refractivity contribution in [2.45, 2.75) is 232 Å². The zero-order valence-corrected chi connectivity index (χ0v) is 39.7. The van der Waals surface area contributed by atoms with Crippen LogP contribution in [0.4, 0.5) is 0 Å². The van der Waals surface area contributed by atoms with Crippen LogP contribution in [-0.4, -0.2) is 37.2 Å². The number of carbonyl (C=O) groups is 3. The van der Waals surface area contributed by atoms with E-state index in [1.54, 1.807) is 0 Å². The summed E-state index contributed by atoms with van der Waals surface area (Å²) in [6, 6.07) is 0. The van der Waals surface area contributed by atoms with Gasteiger partial charge in [-0.1, -0.05) is 209 Å². The highest BCUT2D eigenvalue weighted by Gasteiger charge is 2.19. The van der Waals surface area contributed by atoms with Gasteiger partial charge in [0.25, 0.3) is 0 Å². The lowest BCUT2D eigenvalue weighted by atomic mass is 10.1. The van der Waals surface area contributed by atoms with Crippen LogP contribution in [0.1, 0.15) is 226 Å². The smallest absolute Gasteiger partial charge is 0.306 e. The first-order chi connectivity index (χ1) is 30.0. The molecule has 0 saturated carbocycles. The van der Waals surface area contributed by atoms with Gasteiger partial charge >= 0.3 is 17.9 Å². The second-order valence-corrected chi connectivity index (χ2v) is 16.5. The third kappa shape index (κ3) is 47.5. The second kappa shape index (κ2) is 49.2. The lowest BCUT2D eigenvalue weighted by molar-refractivity contribution is -0.167. The van der Waals surface area contributed by atoms with E-state index in [0.717, 1.165) is 51.4 Å². The fraction of sp³-hybridized carbons (Fsp3) is 0.691. The van der Waals surface area contributed by atoms with Gasteiger partial charge in [-0.3, -0.25) is 14.4 Å². The average molecular weight is 849 g/mol. The molecule has 0 fully saturated rings. The Kier molecular flexibility index (Phi) is 46.5. The summed E-state index contributed by atoms with van der Waals surface area (Å²) in [7, 11) is 0. The Hall–Kier alpha value is -3.41. The molecule has 0 saturated heterocycles. The van der Waals surface area contributed by atoms with Crippen molar-refractivity contribution in [3.8, 4) is 0 Å². The summed E-state index contributed by atoms with van der Waals surface area (Å²) in [4.78, 5) is 37.9. The van der Waals surface area contributed by atoms with Crippen LogP contribution < -0.4 is 0 Å². The number of carbonyl (C=O) groups excluding carboxylic acids is 3. The van der Waals surface area contributed by atoms with Crippen LogP contribution in [0.5, 0.6) is 0 Å². The molecule has 0 radical (unpaired) electrons. The van der Waals surface area contributed by atoms with Gasteiger partial charge in [-0.25, -0.2) is 0 Å². The van der Waals surface area contributed by atoms with Crippen molar-refractivity contribution >= 4 is 17.9 Å². The standard InChI is InChI=1S/C55H92O6/c1-4-7-10-13-16-19-22-25-27-30-33-36-39-42-45-48-54(57)60-51-52(50-59-53(56)47-44-41-38-35-32-29-24-21-18-15-12-9-6-3)61-55(58)49-46-43-40-37-34-31-28-26-23-20-17-14-11-8-5-2/h9,12,15,18-24,29,32,35,38,52H,4-8,10-11,13-14,16-17,25-28,30-31,33-34,36-37,39-51H2,1-3H3/b12-9-,18-15-,22-19-,23-20-,24-21-,32-29-,38-35-. The fourth-order valence-corrected chi connectivity index (χ4v) is 6.70. The molecule has 0 aliphatic carbocycles.